The van der Waals surface area contributed by atoms with Gasteiger partial charge in [0.15, 0.2) is 5.78 Å². The summed E-state index contributed by atoms with van der Waals surface area (Å²) in [4.78, 5) is 19.5. The first-order valence-electron chi connectivity index (χ1n) is 9.28. The molecule has 1 atom stereocenters. The summed E-state index contributed by atoms with van der Waals surface area (Å²) >= 11 is 0. The smallest absolute Gasteiger partial charge is 0.290 e. The molecule has 6 N–H and O–H groups in total. The highest BCUT2D eigenvalue weighted by Crippen LogP contribution is 2.18. The van der Waals surface area contributed by atoms with Crippen LogP contribution in [-0.2, 0) is 4.79 Å². The fourth-order valence-electron chi connectivity index (χ4n) is 2.90. The molecule has 0 fully saturated rings. The lowest BCUT2D eigenvalue weighted by Crippen LogP contribution is -2.04. The molecule has 0 aliphatic carbocycles. The number of nitrogens with two attached hydrogens (primary N) is 1. The van der Waals surface area contributed by atoms with Crippen LogP contribution in [-0.4, -0.2) is 17.4 Å². The van der Waals surface area contributed by atoms with Gasteiger partial charge in [0.05, 0.1) is 0 Å². The highest BCUT2D eigenvalue weighted by atomic mass is 16.3. The molecule has 0 unspecified atom stereocenters. The summed E-state index contributed by atoms with van der Waals surface area (Å²) in [6, 6.07) is 28.6. The van der Waals surface area contributed by atoms with Crippen LogP contribution in [0.2, 0.25) is 0 Å². The minimum Gasteiger partial charge on any atom is -0.483 e. The first-order chi connectivity index (χ1) is 14.0. The zero-order chi connectivity index (χ0) is 21.2. The number of rotatable bonds is 2. The zero-order valence-corrected chi connectivity index (χ0v) is 17.3. The second-order valence-corrected chi connectivity index (χ2v) is 6.62. The molecule has 0 aliphatic rings. The Morgan fingerprint density at radius 1 is 0.833 bits per heavy atom. The molecule has 0 aromatic heterocycles. The van der Waals surface area contributed by atoms with E-state index in [2.05, 4.69) is 30.3 Å². The number of fused-ring (bicyclic) bond motifs is 2. The molecule has 0 saturated carbocycles. The second kappa shape index (κ2) is 12.1. The highest BCUT2D eigenvalue weighted by Gasteiger charge is 2.00. The van der Waals surface area contributed by atoms with Gasteiger partial charge in [-0.05, 0) is 53.1 Å². The standard InChI is InChI=1S/C12H13N.C12H10O.CH2O2.H3N/c2*1-9(13)11-7-6-10-4-2-3-5-12(10)8-11;2-1-3;/h2-9H,13H2,1H3;2-8H,1H3;1H,(H,2,3);1H3/t9-;;;/m1.../s1. The molecule has 0 aliphatic heterocycles. The van der Waals surface area contributed by atoms with Gasteiger partial charge in [-0.2, -0.15) is 0 Å². The molecule has 5 heteroatoms. The van der Waals surface area contributed by atoms with Crippen LogP contribution in [0.5, 0.6) is 0 Å². The normalized spacial score (nSPS) is 10.5. The van der Waals surface area contributed by atoms with Crippen molar-refractivity contribution in [2.45, 2.75) is 19.9 Å². The van der Waals surface area contributed by atoms with E-state index in [1.807, 2.05) is 61.5 Å². The quantitative estimate of drug-likeness (QED) is 0.290. The maximum absolute atomic E-state index is 11.1. The molecule has 0 amide bonds. The SMILES string of the molecule is CC(=O)c1ccc2ccccc2c1.C[C@@H](N)c1ccc2ccccc2c1.N.O=CO. The molecule has 4 aromatic carbocycles. The van der Waals surface area contributed by atoms with Gasteiger partial charge in [-0.3, -0.25) is 9.59 Å². The van der Waals surface area contributed by atoms with E-state index in [0.717, 1.165) is 10.9 Å². The number of carboxylic acid groups (broad SMARTS) is 1. The van der Waals surface area contributed by atoms with Crippen molar-refractivity contribution in [1.29, 1.82) is 0 Å². The molecule has 0 heterocycles. The molecule has 4 aromatic rings. The Kier molecular flexibility index (Phi) is 9.89. The molecule has 156 valence electrons. The van der Waals surface area contributed by atoms with Crippen molar-refractivity contribution < 1.29 is 14.7 Å². The van der Waals surface area contributed by atoms with Crippen molar-refractivity contribution in [3.63, 3.8) is 0 Å². The van der Waals surface area contributed by atoms with E-state index in [1.54, 1.807) is 6.92 Å². The minimum absolute atomic E-state index is 0. The van der Waals surface area contributed by atoms with E-state index in [9.17, 15) is 4.79 Å². The van der Waals surface area contributed by atoms with Crippen LogP contribution in [0.1, 0.15) is 35.8 Å². The first kappa shape index (κ1) is 24.5. The maximum Gasteiger partial charge on any atom is 0.290 e. The first-order valence-corrected chi connectivity index (χ1v) is 9.28. The Bertz CT molecular complexity index is 1110. The third-order valence-corrected chi connectivity index (χ3v) is 4.46. The van der Waals surface area contributed by atoms with Gasteiger partial charge in [-0.25, -0.2) is 0 Å². The van der Waals surface area contributed by atoms with Crippen LogP contribution in [0.15, 0.2) is 84.9 Å². The van der Waals surface area contributed by atoms with E-state index in [-0.39, 0.29) is 24.4 Å². The summed E-state index contributed by atoms with van der Waals surface area (Å²) in [7, 11) is 0. The number of Topliss-reactive ketones (excluding diaryl/α,β-unsaturated/α-hetero) is 1. The molecule has 0 bridgehead atoms. The van der Waals surface area contributed by atoms with Crippen molar-refractivity contribution in [1.82, 2.24) is 6.15 Å². The fraction of sp³-hybridized carbons (Fsp3) is 0.120. The molecular weight excluding hydrogens is 376 g/mol. The maximum atomic E-state index is 11.1. The number of carbonyl (C=O) groups is 2. The minimum atomic E-state index is -0.250. The zero-order valence-electron chi connectivity index (χ0n) is 17.3. The van der Waals surface area contributed by atoms with Crippen molar-refractivity contribution in [3.05, 3.63) is 96.1 Å². The fourth-order valence-corrected chi connectivity index (χ4v) is 2.90. The monoisotopic (exact) mass is 404 g/mol. The van der Waals surface area contributed by atoms with Gasteiger partial charge in [0.2, 0.25) is 0 Å². The van der Waals surface area contributed by atoms with E-state index in [0.29, 0.717) is 0 Å². The van der Waals surface area contributed by atoms with Crippen molar-refractivity contribution in [2.75, 3.05) is 0 Å². The summed E-state index contributed by atoms with van der Waals surface area (Å²) in [6.45, 7) is 3.34. The summed E-state index contributed by atoms with van der Waals surface area (Å²) in [5.41, 5.74) is 7.77. The Morgan fingerprint density at radius 3 is 1.73 bits per heavy atom. The van der Waals surface area contributed by atoms with Crippen LogP contribution >= 0.6 is 0 Å². The number of carbonyl (C=O) groups excluding carboxylic acids is 1. The Labute approximate surface area is 176 Å². The van der Waals surface area contributed by atoms with Gasteiger partial charge in [0, 0.05) is 11.6 Å². The Morgan fingerprint density at radius 2 is 1.27 bits per heavy atom. The summed E-state index contributed by atoms with van der Waals surface area (Å²) < 4.78 is 0. The average Bonchev–Trinajstić information content (AvgIpc) is 2.74. The number of ketones is 1. The molecule has 30 heavy (non-hydrogen) atoms. The lowest BCUT2D eigenvalue weighted by molar-refractivity contribution is -0.122. The lowest BCUT2D eigenvalue weighted by atomic mass is 10.0. The molecule has 0 saturated heterocycles. The van der Waals surface area contributed by atoms with Crippen LogP contribution in [0.3, 0.4) is 0 Å². The van der Waals surface area contributed by atoms with E-state index < -0.39 is 0 Å². The van der Waals surface area contributed by atoms with Gasteiger partial charge in [-0.1, -0.05) is 72.8 Å². The second-order valence-electron chi connectivity index (χ2n) is 6.62. The summed E-state index contributed by atoms with van der Waals surface area (Å²) in [5, 5.41) is 11.7. The molecule has 0 radical (unpaired) electrons. The third kappa shape index (κ3) is 6.81. The van der Waals surface area contributed by atoms with Gasteiger partial charge < -0.3 is 17.0 Å². The molecule has 4 rings (SSSR count). The van der Waals surface area contributed by atoms with Crippen molar-refractivity contribution in [3.8, 4) is 0 Å². The summed E-state index contributed by atoms with van der Waals surface area (Å²) in [6.07, 6.45) is 0. The highest BCUT2D eigenvalue weighted by molar-refractivity contribution is 5.98. The average molecular weight is 405 g/mol. The number of hydrogen-bond acceptors (Lipinski definition) is 4. The molecule has 5 nitrogen and oxygen atoms in total. The summed E-state index contributed by atoms with van der Waals surface area (Å²) in [5.74, 6) is 0.116. The van der Waals surface area contributed by atoms with E-state index in [4.69, 9.17) is 15.6 Å². The van der Waals surface area contributed by atoms with Gasteiger partial charge in [0.25, 0.3) is 6.47 Å². The van der Waals surface area contributed by atoms with Gasteiger partial charge in [-0.15, -0.1) is 0 Å². The molecule has 0 spiro atoms. The van der Waals surface area contributed by atoms with E-state index >= 15 is 0 Å². The largest absolute Gasteiger partial charge is 0.483 e. The third-order valence-electron chi connectivity index (χ3n) is 4.46. The Balaban J connectivity index is 0.000000258. The van der Waals surface area contributed by atoms with Gasteiger partial charge in [0.1, 0.15) is 0 Å². The van der Waals surface area contributed by atoms with Crippen LogP contribution in [0, 0.1) is 0 Å². The molecular formula is C25H28N2O3. The predicted octanol–water partition coefficient (Wildman–Crippen LogP) is 5.76. The topological polar surface area (TPSA) is 115 Å². The van der Waals surface area contributed by atoms with E-state index in [1.165, 1.54) is 21.7 Å². The van der Waals surface area contributed by atoms with Crippen LogP contribution < -0.4 is 11.9 Å². The van der Waals surface area contributed by atoms with Gasteiger partial charge >= 0.3 is 0 Å². The van der Waals surface area contributed by atoms with Crippen LogP contribution in [0.25, 0.3) is 21.5 Å². The van der Waals surface area contributed by atoms with Crippen molar-refractivity contribution >= 4 is 33.8 Å². The van der Waals surface area contributed by atoms with Crippen LogP contribution in [0.4, 0.5) is 0 Å². The van der Waals surface area contributed by atoms with Crippen molar-refractivity contribution in [2.24, 2.45) is 5.73 Å². The number of hydrogen-bond donors (Lipinski definition) is 3. The Hall–Kier alpha value is -3.54. The predicted molar refractivity (Wildman–Crippen MR) is 124 cm³/mol. The number of benzene rings is 4. The lowest BCUT2D eigenvalue weighted by Gasteiger charge is -2.06.